The third-order valence-corrected chi connectivity index (χ3v) is 4.35. The molecule has 0 saturated carbocycles. The van der Waals surface area contributed by atoms with E-state index in [0.29, 0.717) is 18.1 Å². The molecule has 0 radical (unpaired) electrons. The zero-order valence-electron chi connectivity index (χ0n) is 16.2. The summed E-state index contributed by atoms with van der Waals surface area (Å²) in [6.45, 7) is 2.63. The summed E-state index contributed by atoms with van der Waals surface area (Å²) in [4.78, 5) is 25.2. The molecule has 0 aliphatic rings. The van der Waals surface area contributed by atoms with E-state index in [0.717, 1.165) is 5.56 Å². The lowest BCUT2D eigenvalue weighted by atomic mass is 10.1. The van der Waals surface area contributed by atoms with Crippen molar-refractivity contribution in [1.29, 1.82) is 0 Å². The summed E-state index contributed by atoms with van der Waals surface area (Å²) in [7, 11) is 0. The first-order chi connectivity index (χ1) is 14.6. The van der Waals surface area contributed by atoms with Crippen LogP contribution in [0.4, 0.5) is 5.69 Å². The maximum absolute atomic E-state index is 12.7. The number of carbonyl (C=O) groups excluding carboxylic acids is 2. The van der Waals surface area contributed by atoms with Gasteiger partial charge in [0.25, 0.3) is 11.8 Å². The number of rotatable bonds is 7. The molecule has 0 unspecified atom stereocenters. The quantitative estimate of drug-likeness (QED) is 0.487. The van der Waals surface area contributed by atoms with Gasteiger partial charge in [-0.3, -0.25) is 14.3 Å². The Hall–Kier alpha value is -4.14. The van der Waals surface area contributed by atoms with E-state index in [-0.39, 0.29) is 23.6 Å². The predicted octanol–water partition coefficient (Wildman–Crippen LogP) is 3.33. The van der Waals surface area contributed by atoms with E-state index in [1.165, 1.54) is 6.26 Å². The van der Waals surface area contributed by atoms with Gasteiger partial charge in [-0.15, -0.1) is 0 Å². The Morgan fingerprint density at radius 3 is 2.67 bits per heavy atom. The number of furan rings is 1. The Balaban J connectivity index is 1.50. The first kappa shape index (κ1) is 19.2. The minimum Gasteiger partial charge on any atom is -0.467 e. The molecule has 3 heterocycles. The van der Waals surface area contributed by atoms with Crippen LogP contribution in [-0.4, -0.2) is 26.8 Å². The van der Waals surface area contributed by atoms with E-state index >= 15 is 0 Å². The molecule has 9 nitrogen and oxygen atoms in total. The lowest BCUT2D eigenvalue weighted by Gasteiger charge is -2.04. The van der Waals surface area contributed by atoms with Crippen LogP contribution in [0.3, 0.4) is 0 Å². The number of benzene rings is 1. The smallest absolute Gasteiger partial charge is 0.277 e. The summed E-state index contributed by atoms with van der Waals surface area (Å²) in [5, 5.41) is 13.5. The Bertz CT molecular complexity index is 1150. The molecule has 9 heteroatoms. The van der Waals surface area contributed by atoms with Crippen LogP contribution in [0.5, 0.6) is 0 Å². The number of nitrogens with zero attached hydrogens (tertiary/aromatic N) is 3. The number of aromatic nitrogens is 3. The normalized spacial score (nSPS) is 10.7. The molecule has 2 amide bonds. The first-order valence-corrected chi connectivity index (χ1v) is 9.35. The number of hydrogen-bond acceptors (Lipinski definition) is 6. The van der Waals surface area contributed by atoms with Crippen LogP contribution in [0.2, 0.25) is 0 Å². The van der Waals surface area contributed by atoms with E-state index in [4.69, 9.17) is 8.94 Å². The van der Waals surface area contributed by atoms with Gasteiger partial charge in [-0.2, -0.15) is 5.10 Å². The number of hydrogen-bond donors (Lipinski definition) is 2. The SMILES string of the molecule is CCn1cc(NC(=O)c2cc(-c3ccccc3)on2)c(C(=O)NCc2ccco2)n1. The molecule has 30 heavy (non-hydrogen) atoms. The first-order valence-electron chi connectivity index (χ1n) is 9.35. The standard InChI is InChI=1S/C21H19N5O4/c1-2-26-13-17(19(24-26)21(28)22-12-15-9-6-10-29-15)23-20(27)16-11-18(30-25-16)14-7-4-3-5-8-14/h3-11,13H,2,12H2,1H3,(H,22,28)(H,23,27). The van der Waals surface area contributed by atoms with E-state index < -0.39 is 11.8 Å². The van der Waals surface area contributed by atoms with Gasteiger partial charge in [0.1, 0.15) is 5.76 Å². The largest absolute Gasteiger partial charge is 0.467 e. The van der Waals surface area contributed by atoms with Crippen LogP contribution in [0.1, 0.15) is 33.7 Å². The van der Waals surface area contributed by atoms with Gasteiger partial charge in [-0.25, -0.2) is 0 Å². The maximum Gasteiger partial charge on any atom is 0.277 e. The van der Waals surface area contributed by atoms with Gasteiger partial charge in [-0.1, -0.05) is 35.5 Å². The molecule has 0 fully saturated rings. The number of carbonyl (C=O) groups is 2. The lowest BCUT2D eigenvalue weighted by Crippen LogP contribution is -2.25. The average Bonchev–Trinajstić information content (AvgIpc) is 3.53. The molecule has 0 aliphatic heterocycles. The molecule has 1 aromatic carbocycles. The van der Waals surface area contributed by atoms with Gasteiger partial charge in [0, 0.05) is 24.4 Å². The highest BCUT2D eigenvalue weighted by Crippen LogP contribution is 2.21. The fraction of sp³-hybridized carbons (Fsp3) is 0.143. The zero-order valence-corrected chi connectivity index (χ0v) is 16.2. The van der Waals surface area contributed by atoms with Crippen molar-refractivity contribution < 1.29 is 18.5 Å². The number of aryl methyl sites for hydroxylation is 1. The van der Waals surface area contributed by atoms with Crippen molar-refractivity contribution in [3.8, 4) is 11.3 Å². The Kier molecular flexibility index (Phi) is 5.42. The van der Waals surface area contributed by atoms with E-state index in [9.17, 15) is 9.59 Å². The Morgan fingerprint density at radius 1 is 1.10 bits per heavy atom. The molecule has 4 rings (SSSR count). The van der Waals surface area contributed by atoms with Crippen LogP contribution in [0, 0.1) is 0 Å². The van der Waals surface area contributed by atoms with Crippen molar-refractivity contribution in [1.82, 2.24) is 20.3 Å². The molecular formula is C21H19N5O4. The maximum atomic E-state index is 12.7. The molecule has 4 aromatic rings. The molecule has 0 spiro atoms. The molecule has 2 N–H and O–H groups in total. The Morgan fingerprint density at radius 2 is 1.93 bits per heavy atom. The van der Waals surface area contributed by atoms with Gasteiger partial charge >= 0.3 is 0 Å². The summed E-state index contributed by atoms with van der Waals surface area (Å²) in [5.41, 5.74) is 1.28. The Labute approximate surface area is 171 Å². The van der Waals surface area contributed by atoms with Gasteiger partial charge in [0.05, 0.1) is 18.5 Å². The fourth-order valence-corrected chi connectivity index (χ4v) is 2.81. The highest BCUT2D eigenvalue weighted by atomic mass is 16.5. The van der Waals surface area contributed by atoms with Crippen molar-refractivity contribution in [3.05, 3.63) is 78.1 Å². The highest BCUT2D eigenvalue weighted by molar-refractivity contribution is 6.07. The summed E-state index contributed by atoms with van der Waals surface area (Å²) >= 11 is 0. The number of amides is 2. The van der Waals surface area contributed by atoms with Crippen LogP contribution >= 0.6 is 0 Å². The molecule has 0 aliphatic carbocycles. The number of nitrogens with one attached hydrogen (secondary N) is 2. The van der Waals surface area contributed by atoms with Gasteiger partial charge in [0.15, 0.2) is 17.1 Å². The van der Waals surface area contributed by atoms with Crippen molar-refractivity contribution in [2.24, 2.45) is 0 Å². The van der Waals surface area contributed by atoms with Gasteiger partial charge in [-0.05, 0) is 19.1 Å². The third-order valence-electron chi connectivity index (χ3n) is 4.35. The molecular weight excluding hydrogens is 386 g/mol. The van der Waals surface area contributed by atoms with Crippen molar-refractivity contribution in [2.45, 2.75) is 20.0 Å². The van der Waals surface area contributed by atoms with E-state index in [2.05, 4.69) is 20.9 Å². The average molecular weight is 405 g/mol. The molecule has 0 atom stereocenters. The zero-order chi connectivity index (χ0) is 20.9. The summed E-state index contributed by atoms with van der Waals surface area (Å²) in [6.07, 6.45) is 3.12. The minimum absolute atomic E-state index is 0.0973. The molecule has 0 saturated heterocycles. The second kappa shape index (κ2) is 8.48. The van der Waals surface area contributed by atoms with Crippen LogP contribution < -0.4 is 10.6 Å². The minimum atomic E-state index is -0.503. The lowest BCUT2D eigenvalue weighted by molar-refractivity contribution is 0.0943. The second-order valence-electron chi connectivity index (χ2n) is 6.41. The van der Waals surface area contributed by atoms with Gasteiger partial charge < -0.3 is 19.6 Å². The fourth-order valence-electron chi connectivity index (χ4n) is 2.81. The predicted molar refractivity (Wildman–Crippen MR) is 108 cm³/mol. The second-order valence-corrected chi connectivity index (χ2v) is 6.41. The van der Waals surface area contributed by atoms with Crippen molar-refractivity contribution >= 4 is 17.5 Å². The summed E-state index contributed by atoms with van der Waals surface area (Å²) in [6, 6.07) is 14.4. The number of anilines is 1. The topological polar surface area (TPSA) is 115 Å². The monoisotopic (exact) mass is 405 g/mol. The molecule has 0 bridgehead atoms. The molecule has 3 aromatic heterocycles. The van der Waals surface area contributed by atoms with Crippen LogP contribution in [-0.2, 0) is 13.1 Å². The van der Waals surface area contributed by atoms with Crippen molar-refractivity contribution in [3.63, 3.8) is 0 Å². The van der Waals surface area contributed by atoms with Crippen molar-refractivity contribution in [2.75, 3.05) is 5.32 Å². The summed E-state index contributed by atoms with van der Waals surface area (Å²) < 4.78 is 12.0. The molecule has 152 valence electrons. The van der Waals surface area contributed by atoms with E-state index in [1.54, 1.807) is 29.1 Å². The van der Waals surface area contributed by atoms with Crippen LogP contribution in [0.15, 0.2) is 69.9 Å². The highest BCUT2D eigenvalue weighted by Gasteiger charge is 2.21. The summed E-state index contributed by atoms with van der Waals surface area (Å²) in [5.74, 6) is 0.150. The van der Waals surface area contributed by atoms with Crippen LogP contribution in [0.25, 0.3) is 11.3 Å². The van der Waals surface area contributed by atoms with Gasteiger partial charge in [0.2, 0.25) is 0 Å². The third kappa shape index (κ3) is 4.14. The van der Waals surface area contributed by atoms with E-state index in [1.807, 2.05) is 37.3 Å².